The van der Waals surface area contributed by atoms with E-state index in [9.17, 15) is 8.42 Å². The van der Waals surface area contributed by atoms with Crippen LogP contribution in [-0.4, -0.2) is 44.0 Å². The summed E-state index contributed by atoms with van der Waals surface area (Å²) < 4.78 is 38.8. The van der Waals surface area contributed by atoms with Gasteiger partial charge in [0, 0.05) is 19.3 Å². The zero-order valence-electron chi connectivity index (χ0n) is 15.3. The van der Waals surface area contributed by atoms with Crippen LogP contribution >= 0.6 is 0 Å². The lowest BCUT2D eigenvalue weighted by Gasteiger charge is -2.31. The van der Waals surface area contributed by atoms with Gasteiger partial charge >= 0.3 is 0 Å². The summed E-state index contributed by atoms with van der Waals surface area (Å²) in [6, 6.07) is 7.16. The minimum Gasteiger partial charge on any atom is -0.496 e. The van der Waals surface area contributed by atoms with E-state index in [2.05, 4.69) is 4.98 Å². The van der Waals surface area contributed by atoms with Crippen molar-refractivity contribution in [2.45, 2.75) is 37.7 Å². The molecule has 3 rings (SSSR count). The zero-order valence-corrected chi connectivity index (χ0v) is 16.1. The van der Waals surface area contributed by atoms with Gasteiger partial charge < -0.3 is 9.47 Å². The van der Waals surface area contributed by atoms with Crippen molar-refractivity contribution in [3.63, 3.8) is 0 Å². The smallest absolute Gasteiger partial charge is 0.243 e. The van der Waals surface area contributed by atoms with Crippen LogP contribution in [0.2, 0.25) is 0 Å². The first kappa shape index (κ1) is 18.7. The van der Waals surface area contributed by atoms with E-state index in [0.29, 0.717) is 42.1 Å². The van der Waals surface area contributed by atoms with Crippen molar-refractivity contribution in [2.75, 3.05) is 20.2 Å². The molecule has 26 heavy (non-hydrogen) atoms. The maximum atomic E-state index is 13.1. The second kappa shape index (κ2) is 7.63. The molecule has 1 aromatic heterocycles. The molecule has 0 unspecified atom stereocenters. The van der Waals surface area contributed by atoms with Crippen molar-refractivity contribution in [3.05, 3.63) is 47.8 Å². The number of hydrogen-bond donors (Lipinski definition) is 0. The Morgan fingerprint density at radius 1 is 1.15 bits per heavy atom. The molecule has 2 aromatic rings. The number of nitrogens with zero attached hydrogens (tertiary/aromatic N) is 2. The third-order valence-corrected chi connectivity index (χ3v) is 6.69. The first-order valence-corrected chi connectivity index (χ1v) is 10.1. The second-order valence-corrected chi connectivity index (χ2v) is 8.40. The van der Waals surface area contributed by atoms with Gasteiger partial charge in [-0.1, -0.05) is 0 Å². The van der Waals surface area contributed by atoms with E-state index in [1.165, 1.54) is 0 Å². The molecule has 0 atom stereocenters. The minimum absolute atomic E-state index is 0.00403. The van der Waals surface area contributed by atoms with E-state index >= 15 is 0 Å². The maximum Gasteiger partial charge on any atom is 0.243 e. The lowest BCUT2D eigenvalue weighted by atomic mass is 10.1. The van der Waals surface area contributed by atoms with Crippen molar-refractivity contribution in [3.8, 4) is 11.5 Å². The molecule has 0 bridgehead atoms. The number of sulfonamides is 1. The highest BCUT2D eigenvalue weighted by atomic mass is 32.2. The summed E-state index contributed by atoms with van der Waals surface area (Å²) in [5.74, 6) is 1.42. The first-order chi connectivity index (χ1) is 12.4. The van der Waals surface area contributed by atoms with Crippen molar-refractivity contribution >= 4 is 10.0 Å². The predicted octanol–water partition coefficient (Wildman–Crippen LogP) is 2.94. The van der Waals surface area contributed by atoms with Gasteiger partial charge in [-0.3, -0.25) is 4.98 Å². The van der Waals surface area contributed by atoms with Crippen LogP contribution in [-0.2, 0) is 10.0 Å². The van der Waals surface area contributed by atoms with Crippen LogP contribution in [0.3, 0.4) is 0 Å². The molecule has 0 saturated carbocycles. The summed E-state index contributed by atoms with van der Waals surface area (Å²) in [7, 11) is -1.94. The fourth-order valence-corrected chi connectivity index (χ4v) is 4.96. The van der Waals surface area contributed by atoms with E-state index in [1.807, 2.05) is 19.1 Å². The molecule has 1 saturated heterocycles. The lowest BCUT2D eigenvalue weighted by molar-refractivity contribution is 0.134. The summed E-state index contributed by atoms with van der Waals surface area (Å²) >= 11 is 0. The summed E-state index contributed by atoms with van der Waals surface area (Å²) in [4.78, 5) is 4.38. The Hall–Kier alpha value is -2.12. The van der Waals surface area contributed by atoms with Gasteiger partial charge in [-0.05, 0) is 62.1 Å². The van der Waals surface area contributed by atoms with Crippen LogP contribution in [0.25, 0.3) is 0 Å². The van der Waals surface area contributed by atoms with Crippen LogP contribution in [0.4, 0.5) is 0 Å². The minimum atomic E-state index is -3.53. The average molecular weight is 376 g/mol. The molecule has 0 radical (unpaired) electrons. The molecule has 1 aliphatic rings. The van der Waals surface area contributed by atoms with Gasteiger partial charge in [0.15, 0.2) is 0 Å². The maximum absolute atomic E-state index is 13.1. The van der Waals surface area contributed by atoms with Gasteiger partial charge in [0.2, 0.25) is 10.0 Å². The topological polar surface area (TPSA) is 68.7 Å². The number of methoxy groups -OCH3 is 1. The highest BCUT2D eigenvalue weighted by molar-refractivity contribution is 7.89. The van der Waals surface area contributed by atoms with Gasteiger partial charge in [0.25, 0.3) is 0 Å². The summed E-state index contributed by atoms with van der Waals surface area (Å²) in [6.07, 6.45) is 4.68. The Morgan fingerprint density at radius 2 is 1.88 bits per heavy atom. The molecule has 0 spiro atoms. The van der Waals surface area contributed by atoms with Crippen LogP contribution in [0.15, 0.2) is 41.6 Å². The number of rotatable bonds is 5. The molecule has 1 aliphatic heterocycles. The number of piperidine rings is 1. The highest BCUT2D eigenvalue weighted by Gasteiger charge is 2.31. The summed E-state index contributed by atoms with van der Waals surface area (Å²) in [5, 5.41) is 0. The van der Waals surface area contributed by atoms with Crippen LogP contribution in [0.1, 0.15) is 24.0 Å². The number of aromatic nitrogens is 1. The van der Waals surface area contributed by atoms with E-state index in [4.69, 9.17) is 9.47 Å². The van der Waals surface area contributed by atoms with Crippen LogP contribution in [0, 0.1) is 13.8 Å². The molecular formula is C19H24N2O4S. The second-order valence-electron chi connectivity index (χ2n) is 6.50. The lowest BCUT2D eigenvalue weighted by Crippen LogP contribution is -2.41. The standard InChI is InChI=1S/C19H24N2O4S/c1-14-12-19(15(2)11-18(14)24-3)26(22,23)21-9-6-16(7-10-21)25-17-5-4-8-20-13-17/h4-5,8,11-13,16H,6-7,9-10H2,1-3H3. The number of pyridine rings is 1. The fourth-order valence-electron chi connectivity index (χ4n) is 3.20. The van der Waals surface area contributed by atoms with Gasteiger partial charge in [0.1, 0.15) is 17.6 Å². The predicted molar refractivity (Wildman–Crippen MR) is 99.1 cm³/mol. The number of aryl methyl sites for hydroxylation is 2. The average Bonchev–Trinajstić information content (AvgIpc) is 2.64. The Balaban J connectivity index is 1.71. The van der Waals surface area contributed by atoms with Crippen molar-refractivity contribution in [1.82, 2.24) is 9.29 Å². The van der Waals surface area contributed by atoms with Crippen LogP contribution in [0.5, 0.6) is 11.5 Å². The van der Waals surface area contributed by atoms with Crippen molar-refractivity contribution in [2.24, 2.45) is 0 Å². The number of ether oxygens (including phenoxy) is 2. The molecular weight excluding hydrogens is 352 g/mol. The van der Waals surface area contributed by atoms with E-state index in [0.717, 1.165) is 11.3 Å². The molecule has 0 amide bonds. The first-order valence-electron chi connectivity index (χ1n) is 8.64. The van der Waals surface area contributed by atoms with Crippen molar-refractivity contribution in [1.29, 1.82) is 0 Å². The van der Waals surface area contributed by atoms with E-state index in [1.54, 1.807) is 42.9 Å². The van der Waals surface area contributed by atoms with Crippen molar-refractivity contribution < 1.29 is 17.9 Å². The summed E-state index contributed by atoms with van der Waals surface area (Å²) in [5.41, 5.74) is 1.51. The molecule has 2 heterocycles. The fraction of sp³-hybridized carbons (Fsp3) is 0.421. The molecule has 0 N–H and O–H groups in total. The Kier molecular flexibility index (Phi) is 5.48. The van der Waals surface area contributed by atoms with Gasteiger partial charge in [-0.15, -0.1) is 0 Å². The number of hydrogen-bond acceptors (Lipinski definition) is 5. The third-order valence-electron chi connectivity index (χ3n) is 4.65. The van der Waals surface area contributed by atoms with Crippen LogP contribution < -0.4 is 9.47 Å². The third kappa shape index (κ3) is 3.83. The number of benzene rings is 1. The van der Waals surface area contributed by atoms with Gasteiger partial charge in [-0.2, -0.15) is 4.31 Å². The molecule has 0 aliphatic carbocycles. The largest absolute Gasteiger partial charge is 0.496 e. The Morgan fingerprint density at radius 3 is 2.50 bits per heavy atom. The SMILES string of the molecule is COc1cc(C)c(S(=O)(=O)N2CCC(Oc3cccnc3)CC2)cc1C. The monoisotopic (exact) mass is 376 g/mol. The molecule has 1 fully saturated rings. The molecule has 1 aromatic carbocycles. The van der Waals surface area contributed by atoms with E-state index < -0.39 is 10.0 Å². The van der Waals surface area contributed by atoms with Gasteiger partial charge in [0.05, 0.1) is 18.2 Å². The quantitative estimate of drug-likeness (QED) is 0.802. The van der Waals surface area contributed by atoms with Gasteiger partial charge in [-0.25, -0.2) is 8.42 Å². The Labute approximate surface area is 154 Å². The Bertz CT molecular complexity index is 861. The highest BCUT2D eigenvalue weighted by Crippen LogP contribution is 2.29. The molecule has 6 nitrogen and oxygen atoms in total. The zero-order chi connectivity index (χ0) is 18.7. The molecule has 140 valence electrons. The normalized spacial score (nSPS) is 16.4. The molecule has 7 heteroatoms. The summed E-state index contributed by atoms with van der Waals surface area (Å²) in [6.45, 7) is 4.54. The van der Waals surface area contributed by atoms with E-state index in [-0.39, 0.29) is 6.10 Å².